The summed E-state index contributed by atoms with van der Waals surface area (Å²) < 4.78 is 24.5. The number of nitrogens with zero attached hydrogens (tertiary/aromatic N) is 1. The van der Waals surface area contributed by atoms with Crippen molar-refractivity contribution in [2.45, 2.75) is 58.3 Å². The molecule has 0 saturated heterocycles. The highest BCUT2D eigenvalue weighted by atomic mass is 32.2. The monoisotopic (exact) mass is 367 g/mol. The highest BCUT2D eigenvalue weighted by Crippen LogP contribution is 2.20. The quantitative estimate of drug-likeness (QED) is 0.463. The van der Waals surface area contributed by atoms with Crippen LogP contribution in [0, 0.1) is 12.8 Å². The summed E-state index contributed by atoms with van der Waals surface area (Å²) in [5.74, 6) is 0.737. The van der Waals surface area contributed by atoms with Crippen molar-refractivity contribution >= 4 is 18.0 Å². The fourth-order valence-electron chi connectivity index (χ4n) is 2.08. The van der Waals surface area contributed by atoms with E-state index in [-0.39, 0.29) is 6.04 Å². The van der Waals surface area contributed by atoms with Crippen molar-refractivity contribution in [1.82, 2.24) is 0 Å². The molecular weight excluding hydrogens is 334 g/mol. The molecule has 0 saturated carbocycles. The molecule has 0 aliphatic rings. The van der Waals surface area contributed by atoms with Gasteiger partial charge >= 0.3 is 0 Å². The van der Waals surface area contributed by atoms with Crippen LogP contribution in [0.3, 0.4) is 0 Å². The summed E-state index contributed by atoms with van der Waals surface area (Å²) in [5, 5.41) is 0. The molecule has 0 bridgehead atoms. The van der Waals surface area contributed by atoms with Crippen molar-refractivity contribution < 1.29 is 8.63 Å². The van der Waals surface area contributed by atoms with E-state index in [0.717, 1.165) is 10.5 Å². The molecule has 1 rings (SSSR count). The Balaban J connectivity index is 3.26. The lowest BCUT2D eigenvalue weighted by Crippen LogP contribution is -2.32. The predicted molar refractivity (Wildman–Crippen MR) is 108 cm³/mol. The molecule has 0 amide bonds. The fraction of sp³-hybridized carbons (Fsp3) is 0.579. The van der Waals surface area contributed by atoms with E-state index in [4.69, 9.17) is 8.79 Å². The highest BCUT2D eigenvalue weighted by Gasteiger charge is 2.22. The molecule has 0 aromatic heterocycles. The van der Waals surface area contributed by atoms with Crippen LogP contribution in [0.25, 0.3) is 0 Å². The molecule has 24 heavy (non-hydrogen) atoms. The number of aryl methyl sites for hydroxylation is 1. The summed E-state index contributed by atoms with van der Waals surface area (Å²) in [4.78, 5) is 0.810. The van der Waals surface area contributed by atoms with Gasteiger partial charge in [0.2, 0.25) is 0 Å². The minimum Gasteiger partial charge on any atom is -0.415 e. The Bertz CT molecular complexity index is 651. The maximum atomic E-state index is 13.6. The van der Waals surface area contributed by atoms with E-state index in [0.29, 0.717) is 18.3 Å². The highest BCUT2D eigenvalue weighted by molar-refractivity contribution is 7.93. The molecule has 2 unspecified atom stereocenters. The first-order chi connectivity index (χ1) is 11.1. The first kappa shape index (κ1) is 21.1. The Hall–Kier alpha value is -0.913. The zero-order valence-corrected chi connectivity index (χ0v) is 18.0. The van der Waals surface area contributed by atoms with Crippen LogP contribution in [0.15, 0.2) is 45.7 Å². The first-order valence-electron chi connectivity index (χ1n) is 8.63. The second kappa shape index (κ2) is 8.97. The second-order valence-electron chi connectivity index (χ2n) is 7.53. The van der Waals surface area contributed by atoms with E-state index in [1.807, 2.05) is 50.3 Å². The van der Waals surface area contributed by atoms with Gasteiger partial charge in [0.1, 0.15) is 0 Å². The maximum Gasteiger partial charge on any atom is 0.183 e. The van der Waals surface area contributed by atoms with Crippen LogP contribution in [-0.4, -0.2) is 30.9 Å². The molecule has 0 radical (unpaired) electrons. The van der Waals surface area contributed by atoms with E-state index in [1.165, 1.54) is 0 Å². The van der Waals surface area contributed by atoms with Gasteiger partial charge in [0.25, 0.3) is 0 Å². The third-order valence-electron chi connectivity index (χ3n) is 3.71. The Morgan fingerprint density at radius 1 is 1.21 bits per heavy atom. The molecule has 0 spiro atoms. The van der Waals surface area contributed by atoms with Crippen LogP contribution in [0.2, 0.25) is 19.6 Å². The van der Waals surface area contributed by atoms with Gasteiger partial charge in [-0.2, -0.15) is 0 Å². The van der Waals surface area contributed by atoms with E-state index in [1.54, 1.807) is 0 Å². The van der Waals surface area contributed by atoms with Crippen molar-refractivity contribution in [1.29, 1.82) is 0 Å². The number of allylic oxidation sites excluding steroid dienone is 1. The fourth-order valence-corrected chi connectivity index (χ4v) is 4.90. The minimum absolute atomic E-state index is 0.0595. The van der Waals surface area contributed by atoms with Crippen LogP contribution in [-0.2, 0) is 14.2 Å². The van der Waals surface area contributed by atoms with Gasteiger partial charge in [-0.05, 0) is 51.5 Å². The van der Waals surface area contributed by atoms with Gasteiger partial charge in [-0.3, -0.25) is 0 Å². The molecule has 1 aromatic rings. The van der Waals surface area contributed by atoms with Gasteiger partial charge in [-0.15, -0.1) is 0 Å². The summed E-state index contributed by atoms with van der Waals surface area (Å²) in [7, 11) is -4.11. The standard InChI is InChI=1S/C19H33NO2SSi/c1-8-9-14-23(21,18-12-10-17(4)11-13-18)20-19(16(2)3)15-22-24(5,6)7/h8-13,16,19H,14-15H2,1-7H3/b9-8+. The molecule has 0 heterocycles. The van der Waals surface area contributed by atoms with Gasteiger partial charge in [-0.25, -0.2) is 8.57 Å². The molecule has 5 heteroatoms. The lowest BCUT2D eigenvalue weighted by molar-refractivity contribution is 0.256. The molecule has 0 N–H and O–H groups in total. The Morgan fingerprint density at radius 2 is 1.79 bits per heavy atom. The van der Waals surface area contributed by atoms with Crippen LogP contribution in [0.5, 0.6) is 0 Å². The number of benzene rings is 1. The average molecular weight is 368 g/mol. The molecule has 0 fully saturated rings. The van der Waals surface area contributed by atoms with Crippen LogP contribution in [0.4, 0.5) is 0 Å². The summed E-state index contributed by atoms with van der Waals surface area (Å²) in [6.45, 7) is 15.3. The second-order valence-corrected chi connectivity index (χ2v) is 14.3. The third-order valence-corrected chi connectivity index (χ3v) is 7.01. The lowest BCUT2D eigenvalue weighted by Gasteiger charge is -2.24. The van der Waals surface area contributed by atoms with Crippen LogP contribution in [0.1, 0.15) is 26.3 Å². The molecular formula is C19H33NO2SSi. The molecule has 1 aromatic carbocycles. The largest absolute Gasteiger partial charge is 0.415 e. The van der Waals surface area contributed by atoms with Crippen LogP contribution < -0.4 is 0 Å². The molecule has 3 nitrogen and oxygen atoms in total. The number of hydrogen-bond acceptors (Lipinski definition) is 3. The molecule has 136 valence electrons. The zero-order chi connectivity index (χ0) is 18.4. The number of hydrogen-bond donors (Lipinski definition) is 0. The van der Waals surface area contributed by atoms with Gasteiger partial charge in [0.15, 0.2) is 8.32 Å². The normalized spacial score (nSPS) is 16.3. The van der Waals surface area contributed by atoms with E-state index >= 15 is 0 Å². The average Bonchev–Trinajstić information content (AvgIpc) is 2.49. The molecule has 0 aliphatic carbocycles. The van der Waals surface area contributed by atoms with Crippen molar-refractivity contribution in [2.75, 3.05) is 12.4 Å². The molecule has 2 atom stereocenters. The number of rotatable bonds is 8. The maximum absolute atomic E-state index is 13.6. The SMILES string of the molecule is C/C=C/CS(=O)(=NC(CO[Si](C)(C)C)C(C)C)c1ccc(C)cc1. The van der Waals surface area contributed by atoms with Crippen molar-refractivity contribution in [2.24, 2.45) is 10.3 Å². The Labute approximate surface area is 149 Å². The van der Waals surface area contributed by atoms with E-state index < -0.39 is 18.0 Å². The first-order valence-corrected chi connectivity index (χ1v) is 13.7. The van der Waals surface area contributed by atoms with Gasteiger partial charge in [0, 0.05) is 4.90 Å². The van der Waals surface area contributed by atoms with Gasteiger partial charge in [-0.1, -0.05) is 43.7 Å². The van der Waals surface area contributed by atoms with Crippen molar-refractivity contribution in [3.05, 3.63) is 42.0 Å². The summed E-state index contributed by atoms with van der Waals surface area (Å²) in [6.07, 6.45) is 3.88. The van der Waals surface area contributed by atoms with Gasteiger partial charge < -0.3 is 4.43 Å². The summed E-state index contributed by atoms with van der Waals surface area (Å²) >= 11 is 0. The van der Waals surface area contributed by atoms with Gasteiger partial charge in [0.05, 0.1) is 28.1 Å². The smallest absolute Gasteiger partial charge is 0.183 e. The summed E-state index contributed by atoms with van der Waals surface area (Å²) in [6, 6.07) is 7.84. The Kier molecular flexibility index (Phi) is 7.90. The van der Waals surface area contributed by atoms with E-state index in [9.17, 15) is 4.21 Å². The predicted octanol–water partition coefficient (Wildman–Crippen LogP) is 5.27. The minimum atomic E-state index is -2.48. The lowest BCUT2D eigenvalue weighted by atomic mass is 10.1. The zero-order valence-electron chi connectivity index (χ0n) is 16.2. The van der Waals surface area contributed by atoms with E-state index in [2.05, 4.69) is 33.5 Å². The van der Waals surface area contributed by atoms with Crippen LogP contribution >= 0.6 is 0 Å². The molecule has 0 aliphatic heterocycles. The van der Waals surface area contributed by atoms with Crippen molar-refractivity contribution in [3.8, 4) is 0 Å². The Morgan fingerprint density at radius 3 is 2.25 bits per heavy atom. The topological polar surface area (TPSA) is 38.7 Å². The van der Waals surface area contributed by atoms with Crippen molar-refractivity contribution in [3.63, 3.8) is 0 Å². The third kappa shape index (κ3) is 6.91. The summed E-state index contributed by atoms with van der Waals surface area (Å²) in [5.41, 5.74) is 1.16.